The highest BCUT2D eigenvalue weighted by molar-refractivity contribution is 5.46. The second-order valence-corrected chi connectivity index (χ2v) is 5.74. The van der Waals surface area contributed by atoms with Gasteiger partial charge in [0.05, 0.1) is 19.8 Å². The summed E-state index contributed by atoms with van der Waals surface area (Å²) in [6.45, 7) is 11.3. The van der Waals surface area contributed by atoms with Crippen molar-refractivity contribution in [2.45, 2.75) is 40.3 Å². The summed E-state index contributed by atoms with van der Waals surface area (Å²) in [6, 6.07) is 5.97. The van der Waals surface area contributed by atoms with Crippen LogP contribution in [0, 0.1) is 5.92 Å². The van der Waals surface area contributed by atoms with E-state index in [9.17, 15) is 0 Å². The van der Waals surface area contributed by atoms with Crippen LogP contribution in [0.5, 0.6) is 11.5 Å². The number of methoxy groups -OCH3 is 1. The predicted molar refractivity (Wildman–Crippen MR) is 86.1 cm³/mol. The molecule has 0 aliphatic carbocycles. The second-order valence-electron chi connectivity index (χ2n) is 5.74. The molecule has 0 heterocycles. The van der Waals surface area contributed by atoms with Gasteiger partial charge in [0.2, 0.25) is 0 Å². The van der Waals surface area contributed by atoms with Gasteiger partial charge in [0.1, 0.15) is 6.61 Å². The van der Waals surface area contributed by atoms with Gasteiger partial charge >= 0.3 is 0 Å². The first-order valence-electron chi connectivity index (χ1n) is 7.65. The Bertz CT molecular complexity index is 405. The molecule has 1 rings (SSSR count). The van der Waals surface area contributed by atoms with Crippen LogP contribution in [-0.4, -0.2) is 33.0 Å². The third-order valence-electron chi connectivity index (χ3n) is 2.93. The minimum Gasteiger partial charge on any atom is -0.493 e. The van der Waals surface area contributed by atoms with Gasteiger partial charge in [-0.1, -0.05) is 26.0 Å². The van der Waals surface area contributed by atoms with Crippen molar-refractivity contribution in [1.82, 2.24) is 5.32 Å². The molecule has 0 radical (unpaired) electrons. The molecule has 120 valence electrons. The van der Waals surface area contributed by atoms with Crippen LogP contribution in [0.3, 0.4) is 0 Å². The molecule has 4 nitrogen and oxygen atoms in total. The minimum atomic E-state index is 0.221. The third kappa shape index (κ3) is 6.82. The molecule has 21 heavy (non-hydrogen) atoms. The molecule has 0 fully saturated rings. The maximum Gasteiger partial charge on any atom is 0.165 e. The maximum absolute atomic E-state index is 5.88. The summed E-state index contributed by atoms with van der Waals surface area (Å²) in [7, 11) is 1.66. The number of hydrogen-bond donors (Lipinski definition) is 1. The Morgan fingerprint density at radius 2 is 1.86 bits per heavy atom. The normalized spacial score (nSPS) is 11.2. The van der Waals surface area contributed by atoms with E-state index < -0.39 is 0 Å². The fourth-order valence-electron chi connectivity index (χ4n) is 1.95. The van der Waals surface area contributed by atoms with Gasteiger partial charge in [-0.25, -0.2) is 0 Å². The van der Waals surface area contributed by atoms with E-state index in [0.717, 1.165) is 30.2 Å². The summed E-state index contributed by atoms with van der Waals surface area (Å²) in [5.41, 5.74) is 1.11. The Kier molecular flexibility index (Phi) is 8.16. The largest absolute Gasteiger partial charge is 0.493 e. The van der Waals surface area contributed by atoms with E-state index in [4.69, 9.17) is 14.2 Å². The van der Waals surface area contributed by atoms with Crippen LogP contribution < -0.4 is 14.8 Å². The van der Waals surface area contributed by atoms with E-state index in [-0.39, 0.29) is 6.10 Å². The molecule has 0 aliphatic heterocycles. The number of nitrogens with one attached hydrogen (secondary N) is 1. The quantitative estimate of drug-likeness (QED) is 0.673. The third-order valence-corrected chi connectivity index (χ3v) is 2.93. The molecule has 0 spiro atoms. The van der Waals surface area contributed by atoms with Gasteiger partial charge in [-0.15, -0.1) is 0 Å². The van der Waals surface area contributed by atoms with E-state index in [1.54, 1.807) is 7.11 Å². The Hall–Kier alpha value is -1.26. The van der Waals surface area contributed by atoms with Crippen LogP contribution in [0.15, 0.2) is 18.2 Å². The number of ether oxygens (including phenoxy) is 3. The summed E-state index contributed by atoms with van der Waals surface area (Å²) in [5, 5.41) is 3.43. The second kappa shape index (κ2) is 9.64. The molecule has 0 aromatic heterocycles. The zero-order valence-electron chi connectivity index (χ0n) is 13.9. The molecule has 1 aromatic carbocycles. The SMILES string of the molecule is COc1cccc(CNCC(C)C)c1OCCOC(C)C. The van der Waals surface area contributed by atoms with Crippen molar-refractivity contribution in [3.05, 3.63) is 23.8 Å². The highest BCUT2D eigenvalue weighted by atomic mass is 16.5. The molecule has 0 aliphatic rings. The summed E-state index contributed by atoms with van der Waals surface area (Å²) >= 11 is 0. The lowest BCUT2D eigenvalue weighted by Gasteiger charge is -2.16. The lowest BCUT2D eigenvalue weighted by Crippen LogP contribution is -2.20. The molecule has 1 aromatic rings. The molecule has 0 saturated carbocycles. The summed E-state index contributed by atoms with van der Waals surface area (Å²) in [4.78, 5) is 0. The summed E-state index contributed by atoms with van der Waals surface area (Å²) < 4.78 is 16.8. The molecule has 0 amide bonds. The lowest BCUT2D eigenvalue weighted by atomic mass is 10.1. The molecule has 0 bridgehead atoms. The average molecular weight is 295 g/mol. The molecule has 0 unspecified atom stereocenters. The Morgan fingerprint density at radius 1 is 1.10 bits per heavy atom. The first kappa shape index (κ1) is 17.8. The van der Waals surface area contributed by atoms with E-state index in [0.29, 0.717) is 19.1 Å². The first-order chi connectivity index (χ1) is 10.0. The zero-order valence-corrected chi connectivity index (χ0v) is 13.9. The summed E-state index contributed by atoms with van der Waals surface area (Å²) in [6.07, 6.45) is 0.221. The smallest absolute Gasteiger partial charge is 0.165 e. The van der Waals surface area contributed by atoms with Crippen molar-refractivity contribution in [2.24, 2.45) is 5.92 Å². The van der Waals surface area contributed by atoms with Crippen LogP contribution in [0.2, 0.25) is 0 Å². The molecule has 4 heteroatoms. The van der Waals surface area contributed by atoms with E-state index in [1.165, 1.54) is 0 Å². The van der Waals surface area contributed by atoms with Crippen molar-refractivity contribution in [3.63, 3.8) is 0 Å². The first-order valence-corrected chi connectivity index (χ1v) is 7.65. The number of rotatable bonds is 10. The lowest BCUT2D eigenvalue weighted by molar-refractivity contribution is 0.0544. The average Bonchev–Trinajstić information content (AvgIpc) is 2.43. The number of benzene rings is 1. The highest BCUT2D eigenvalue weighted by Gasteiger charge is 2.10. The fourth-order valence-corrected chi connectivity index (χ4v) is 1.95. The number of para-hydroxylation sites is 1. The Labute approximate surface area is 128 Å². The summed E-state index contributed by atoms with van der Waals surface area (Å²) in [5.74, 6) is 2.20. The van der Waals surface area contributed by atoms with Crippen LogP contribution in [-0.2, 0) is 11.3 Å². The molecule has 0 atom stereocenters. The van der Waals surface area contributed by atoms with Crippen molar-refractivity contribution >= 4 is 0 Å². The van der Waals surface area contributed by atoms with E-state index in [2.05, 4.69) is 25.2 Å². The van der Waals surface area contributed by atoms with Crippen molar-refractivity contribution in [1.29, 1.82) is 0 Å². The van der Waals surface area contributed by atoms with Crippen LogP contribution in [0.25, 0.3) is 0 Å². The van der Waals surface area contributed by atoms with E-state index in [1.807, 2.05) is 26.0 Å². The molecule has 1 N–H and O–H groups in total. The van der Waals surface area contributed by atoms with Crippen molar-refractivity contribution in [3.8, 4) is 11.5 Å². The van der Waals surface area contributed by atoms with Crippen LogP contribution in [0.4, 0.5) is 0 Å². The predicted octanol–water partition coefficient (Wildman–Crippen LogP) is 3.24. The van der Waals surface area contributed by atoms with Gasteiger partial charge in [0.15, 0.2) is 11.5 Å². The molecular weight excluding hydrogens is 266 g/mol. The standard InChI is InChI=1S/C17H29NO3/c1-13(2)11-18-12-15-7-6-8-16(19-5)17(15)21-10-9-20-14(3)4/h6-8,13-14,18H,9-12H2,1-5H3. The fraction of sp³-hybridized carbons (Fsp3) is 0.647. The van der Waals surface area contributed by atoms with E-state index >= 15 is 0 Å². The monoisotopic (exact) mass is 295 g/mol. The van der Waals surface area contributed by atoms with Gasteiger partial charge in [0, 0.05) is 12.1 Å². The van der Waals surface area contributed by atoms with Gasteiger partial charge in [0.25, 0.3) is 0 Å². The van der Waals surface area contributed by atoms with Crippen molar-refractivity contribution in [2.75, 3.05) is 26.9 Å². The van der Waals surface area contributed by atoms with Crippen LogP contribution >= 0.6 is 0 Å². The maximum atomic E-state index is 5.88. The van der Waals surface area contributed by atoms with Gasteiger partial charge in [-0.2, -0.15) is 0 Å². The van der Waals surface area contributed by atoms with Gasteiger partial charge in [-0.3, -0.25) is 0 Å². The highest BCUT2D eigenvalue weighted by Crippen LogP contribution is 2.31. The minimum absolute atomic E-state index is 0.221. The topological polar surface area (TPSA) is 39.7 Å². The van der Waals surface area contributed by atoms with Crippen molar-refractivity contribution < 1.29 is 14.2 Å². The van der Waals surface area contributed by atoms with Gasteiger partial charge in [-0.05, 0) is 32.4 Å². The zero-order chi connectivity index (χ0) is 15.7. The Balaban J connectivity index is 2.64. The Morgan fingerprint density at radius 3 is 2.48 bits per heavy atom. The molecular formula is C17H29NO3. The number of hydrogen-bond acceptors (Lipinski definition) is 4. The van der Waals surface area contributed by atoms with Gasteiger partial charge < -0.3 is 19.5 Å². The molecule has 0 saturated heterocycles. The van der Waals surface area contributed by atoms with Crippen LogP contribution in [0.1, 0.15) is 33.3 Å².